The summed E-state index contributed by atoms with van der Waals surface area (Å²) in [6, 6.07) is 8.74. The predicted octanol–water partition coefficient (Wildman–Crippen LogP) is 1.55. The van der Waals surface area contributed by atoms with E-state index in [-0.39, 0.29) is 24.3 Å². The third-order valence-corrected chi connectivity index (χ3v) is 6.06. The molecule has 7 heteroatoms. The summed E-state index contributed by atoms with van der Waals surface area (Å²) in [5.41, 5.74) is -0.644. The highest BCUT2D eigenvalue weighted by Crippen LogP contribution is 2.55. The standard InChI is InChI=1S/C24H29N3O4/c1-5-13-27-19(21(29)26-23(2,3)4)24-12-11-16(31-24)17(18(24)22(27)30)20(28)25-14-15-9-7-6-8-10-15/h5-12,16-19H,1,13-14H2,2-4H3,(H,25,28)(H,26,29)/t16-,17-,18+,19-,24-/m0/s1. The van der Waals surface area contributed by atoms with Crippen molar-refractivity contribution in [3.05, 3.63) is 60.7 Å². The van der Waals surface area contributed by atoms with Crippen LogP contribution >= 0.6 is 0 Å². The third kappa shape index (κ3) is 3.57. The van der Waals surface area contributed by atoms with Crippen LogP contribution in [0.25, 0.3) is 0 Å². The van der Waals surface area contributed by atoms with Gasteiger partial charge >= 0.3 is 0 Å². The van der Waals surface area contributed by atoms with Gasteiger partial charge < -0.3 is 20.3 Å². The molecule has 2 saturated heterocycles. The third-order valence-electron chi connectivity index (χ3n) is 6.06. The number of amides is 3. The molecule has 3 amide bonds. The van der Waals surface area contributed by atoms with Crippen LogP contribution in [-0.4, -0.2) is 52.5 Å². The van der Waals surface area contributed by atoms with Crippen LogP contribution in [0.3, 0.4) is 0 Å². The summed E-state index contributed by atoms with van der Waals surface area (Å²) in [5.74, 6) is -2.20. The van der Waals surface area contributed by atoms with Gasteiger partial charge in [0.25, 0.3) is 0 Å². The molecule has 0 unspecified atom stereocenters. The summed E-state index contributed by atoms with van der Waals surface area (Å²) >= 11 is 0. The minimum absolute atomic E-state index is 0.208. The Bertz CT molecular complexity index is 936. The van der Waals surface area contributed by atoms with E-state index < -0.39 is 35.1 Å². The monoisotopic (exact) mass is 423 g/mol. The van der Waals surface area contributed by atoms with Crippen LogP contribution < -0.4 is 10.6 Å². The van der Waals surface area contributed by atoms with Gasteiger partial charge in [-0.05, 0) is 26.3 Å². The molecule has 2 bridgehead atoms. The lowest BCUT2D eigenvalue weighted by atomic mass is 9.74. The van der Waals surface area contributed by atoms with Crippen LogP contribution in [0.4, 0.5) is 0 Å². The van der Waals surface area contributed by atoms with Crippen LogP contribution in [-0.2, 0) is 25.7 Å². The number of hydrogen-bond acceptors (Lipinski definition) is 4. The molecule has 1 aromatic carbocycles. The first-order valence-corrected chi connectivity index (χ1v) is 10.6. The van der Waals surface area contributed by atoms with E-state index in [1.165, 1.54) is 4.90 Å². The number of nitrogens with zero attached hydrogens (tertiary/aromatic N) is 1. The molecule has 2 fully saturated rings. The summed E-state index contributed by atoms with van der Waals surface area (Å²) in [6.07, 6.45) is 4.68. The molecule has 1 aromatic rings. The number of hydrogen-bond donors (Lipinski definition) is 2. The Morgan fingerprint density at radius 1 is 1.23 bits per heavy atom. The van der Waals surface area contributed by atoms with Gasteiger partial charge in [0.05, 0.1) is 17.9 Å². The fourth-order valence-corrected chi connectivity index (χ4v) is 4.94. The van der Waals surface area contributed by atoms with Crippen LogP contribution in [0.2, 0.25) is 0 Å². The van der Waals surface area contributed by atoms with E-state index in [0.29, 0.717) is 6.54 Å². The fraction of sp³-hybridized carbons (Fsp3) is 0.458. The van der Waals surface area contributed by atoms with Crippen molar-refractivity contribution < 1.29 is 19.1 Å². The first-order valence-electron chi connectivity index (χ1n) is 10.6. The van der Waals surface area contributed by atoms with Gasteiger partial charge in [0, 0.05) is 18.6 Å². The summed E-state index contributed by atoms with van der Waals surface area (Å²) in [5, 5.41) is 5.91. The van der Waals surface area contributed by atoms with Gasteiger partial charge in [-0.15, -0.1) is 6.58 Å². The van der Waals surface area contributed by atoms with Crippen molar-refractivity contribution in [2.24, 2.45) is 11.8 Å². The Morgan fingerprint density at radius 2 is 1.94 bits per heavy atom. The van der Waals surface area contributed by atoms with Crippen molar-refractivity contribution in [3.8, 4) is 0 Å². The molecular formula is C24H29N3O4. The lowest BCUT2D eigenvalue weighted by Gasteiger charge is -2.34. The van der Waals surface area contributed by atoms with E-state index in [9.17, 15) is 14.4 Å². The van der Waals surface area contributed by atoms with Gasteiger partial charge in [-0.2, -0.15) is 0 Å². The number of benzene rings is 1. The second-order valence-corrected chi connectivity index (χ2v) is 9.42. The Morgan fingerprint density at radius 3 is 2.58 bits per heavy atom. The Kier molecular flexibility index (Phi) is 5.25. The minimum Gasteiger partial charge on any atom is -0.359 e. The molecule has 5 atom stereocenters. The molecule has 7 nitrogen and oxygen atoms in total. The van der Waals surface area contributed by atoms with Crippen molar-refractivity contribution in [3.63, 3.8) is 0 Å². The SMILES string of the molecule is C=CCN1C(=O)[C@H]2[C@@H](C(=O)NCc3ccccc3)[C@@H]3C=C[C@@]2(O3)[C@@H]1C(=O)NC(C)(C)C. The molecule has 31 heavy (non-hydrogen) atoms. The van der Waals surface area contributed by atoms with Crippen molar-refractivity contribution >= 4 is 17.7 Å². The van der Waals surface area contributed by atoms with Gasteiger partial charge in [0.2, 0.25) is 17.7 Å². The minimum atomic E-state index is -1.14. The largest absolute Gasteiger partial charge is 0.359 e. The zero-order valence-electron chi connectivity index (χ0n) is 18.1. The van der Waals surface area contributed by atoms with Gasteiger partial charge in [0.15, 0.2) is 0 Å². The van der Waals surface area contributed by atoms with Gasteiger partial charge in [-0.3, -0.25) is 14.4 Å². The van der Waals surface area contributed by atoms with Crippen molar-refractivity contribution in [1.82, 2.24) is 15.5 Å². The van der Waals surface area contributed by atoms with E-state index in [1.54, 1.807) is 12.2 Å². The lowest BCUT2D eigenvalue weighted by Crippen LogP contribution is -2.57. The smallest absolute Gasteiger partial charge is 0.246 e. The molecule has 3 aliphatic heterocycles. The van der Waals surface area contributed by atoms with Gasteiger partial charge in [0.1, 0.15) is 11.6 Å². The van der Waals surface area contributed by atoms with E-state index in [0.717, 1.165) is 5.56 Å². The number of fused-ring (bicyclic) bond motifs is 1. The highest BCUT2D eigenvalue weighted by Gasteiger charge is 2.72. The van der Waals surface area contributed by atoms with E-state index in [4.69, 9.17) is 4.74 Å². The summed E-state index contributed by atoms with van der Waals surface area (Å²) in [7, 11) is 0. The number of carbonyl (C=O) groups excluding carboxylic acids is 3. The van der Waals surface area contributed by atoms with Crippen molar-refractivity contribution in [1.29, 1.82) is 0 Å². The second-order valence-electron chi connectivity index (χ2n) is 9.42. The summed E-state index contributed by atoms with van der Waals surface area (Å²) in [6.45, 7) is 9.97. The van der Waals surface area contributed by atoms with E-state index in [2.05, 4.69) is 17.2 Å². The zero-order valence-corrected chi connectivity index (χ0v) is 18.1. The molecule has 1 spiro atoms. The maximum atomic E-state index is 13.4. The number of ether oxygens (including phenoxy) is 1. The quantitative estimate of drug-likeness (QED) is 0.680. The number of rotatable bonds is 6. The first kappa shape index (κ1) is 21.3. The maximum absolute atomic E-state index is 13.4. The lowest BCUT2D eigenvalue weighted by molar-refractivity contribution is -0.141. The van der Waals surface area contributed by atoms with E-state index >= 15 is 0 Å². The fourth-order valence-electron chi connectivity index (χ4n) is 4.94. The molecule has 164 valence electrons. The molecule has 0 radical (unpaired) electrons. The number of carbonyl (C=O) groups is 3. The molecule has 0 aromatic heterocycles. The first-order chi connectivity index (χ1) is 14.7. The summed E-state index contributed by atoms with van der Waals surface area (Å²) < 4.78 is 6.24. The molecule has 3 aliphatic rings. The molecular weight excluding hydrogens is 394 g/mol. The van der Waals surface area contributed by atoms with E-state index in [1.807, 2.05) is 57.2 Å². The van der Waals surface area contributed by atoms with Crippen LogP contribution in [0.1, 0.15) is 26.3 Å². The molecule has 0 saturated carbocycles. The predicted molar refractivity (Wildman–Crippen MR) is 116 cm³/mol. The molecule has 4 rings (SSSR count). The molecule has 0 aliphatic carbocycles. The highest BCUT2D eigenvalue weighted by molar-refractivity contribution is 6.00. The Balaban J connectivity index is 1.61. The summed E-state index contributed by atoms with van der Waals surface area (Å²) in [4.78, 5) is 41.3. The average molecular weight is 424 g/mol. The van der Waals surface area contributed by atoms with Crippen molar-refractivity contribution in [2.45, 2.75) is 50.6 Å². The second kappa shape index (κ2) is 7.64. The molecule has 2 N–H and O–H groups in total. The highest BCUT2D eigenvalue weighted by atomic mass is 16.5. The Hall–Kier alpha value is -2.93. The Labute approximate surface area is 182 Å². The van der Waals surface area contributed by atoms with Gasteiger partial charge in [-0.25, -0.2) is 0 Å². The van der Waals surface area contributed by atoms with Crippen LogP contribution in [0.15, 0.2) is 55.1 Å². The van der Waals surface area contributed by atoms with Crippen molar-refractivity contribution in [2.75, 3.05) is 6.54 Å². The number of nitrogens with one attached hydrogen (secondary N) is 2. The number of likely N-dealkylation sites (tertiary alicyclic amines) is 1. The maximum Gasteiger partial charge on any atom is 0.246 e. The average Bonchev–Trinajstić information content (AvgIpc) is 3.34. The normalized spacial score (nSPS) is 30.9. The van der Waals surface area contributed by atoms with Crippen LogP contribution in [0.5, 0.6) is 0 Å². The topological polar surface area (TPSA) is 87.7 Å². The molecule has 3 heterocycles. The van der Waals surface area contributed by atoms with Gasteiger partial charge in [-0.1, -0.05) is 48.6 Å². The zero-order chi connectivity index (χ0) is 22.4. The van der Waals surface area contributed by atoms with Crippen LogP contribution in [0, 0.1) is 11.8 Å².